The topological polar surface area (TPSA) is 29.5 Å². The molecule has 0 heterocycles. The van der Waals surface area contributed by atoms with E-state index in [2.05, 4.69) is 45.1 Å². The number of aliphatic hydroxyl groups excluding tert-OH is 1. The van der Waals surface area contributed by atoms with Crippen molar-refractivity contribution in [1.29, 1.82) is 0 Å². The molecule has 1 atom stereocenters. The van der Waals surface area contributed by atoms with Crippen LogP contribution in [0.1, 0.15) is 58.4 Å². The average molecular weight is 365 g/mol. The van der Waals surface area contributed by atoms with E-state index in [1.807, 2.05) is 18.2 Å². The molecule has 1 N–H and O–H groups in total. The van der Waals surface area contributed by atoms with Crippen molar-refractivity contribution < 1.29 is 9.84 Å². The highest BCUT2D eigenvalue weighted by Gasteiger charge is 2.28. The van der Waals surface area contributed by atoms with E-state index in [9.17, 15) is 5.11 Å². The van der Waals surface area contributed by atoms with Crippen molar-refractivity contribution in [1.82, 2.24) is 0 Å². The molecule has 0 radical (unpaired) electrons. The van der Waals surface area contributed by atoms with Crippen LogP contribution < -0.4 is 4.74 Å². The van der Waals surface area contributed by atoms with Gasteiger partial charge in [0.25, 0.3) is 0 Å². The van der Waals surface area contributed by atoms with E-state index in [0.717, 1.165) is 37.9 Å². The number of methoxy groups -OCH3 is 1. The van der Waals surface area contributed by atoms with E-state index >= 15 is 0 Å². The van der Waals surface area contributed by atoms with Crippen molar-refractivity contribution in [2.45, 2.75) is 52.9 Å². The van der Waals surface area contributed by atoms with Gasteiger partial charge in [0.05, 0.1) is 12.9 Å². The smallest absolute Gasteiger partial charge is 0.118 e. The molecule has 1 aromatic carbocycles. The first-order valence-electron chi connectivity index (χ1n) is 10.2. The number of ether oxygens (including phenoxy) is 1. The molecule has 0 fully saturated rings. The Morgan fingerprint density at radius 2 is 1.78 bits per heavy atom. The molecule has 2 heteroatoms. The van der Waals surface area contributed by atoms with Crippen LogP contribution in [0, 0.1) is 11.8 Å². The number of hydrogen-bond donors (Lipinski definition) is 1. The molecule has 0 aliphatic heterocycles. The molecule has 0 saturated heterocycles. The summed E-state index contributed by atoms with van der Waals surface area (Å²) in [6.07, 6.45) is 11.6. The predicted molar refractivity (Wildman–Crippen MR) is 114 cm³/mol. The van der Waals surface area contributed by atoms with E-state index in [-0.39, 0.29) is 0 Å². The fourth-order valence-corrected chi connectivity index (χ4v) is 4.63. The van der Waals surface area contributed by atoms with Crippen LogP contribution in [0.2, 0.25) is 0 Å². The minimum absolute atomic E-state index is 0.483. The second-order valence-electron chi connectivity index (χ2n) is 7.74. The van der Waals surface area contributed by atoms with E-state index in [4.69, 9.17) is 4.74 Å². The Morgan fingerprint density at radius 3 is 2.41 bits per heavy atom. The first-order chi connectivity index (χ1) is 13.1. The first-order valence-corrected chi connectivity index (χ1v) is 10.2. The van der Waals surface area contributed by atoms with Gasteiger partial charge in [0.2, 0.25) is 0 Å². The fraction of sp³-hybridized carbons (Fsp3) is 0.440. The van der Waals surface area contributed by atoms with Gasteiger partial charge in [0.15, 0.2) is 0 Å². The Kier molecular flexibility index (Phi) is 6.26. The van der Waals surface area contributed by atoms with Crippen molar-refractivity contribution in [3.63, 3.8) is 0 Å². The number of fused-ring (bicyclic) bond motifs is 1. The third kappa shape index (κ3) is 4.21. The van der Waals surface area contributed by atoms with Gasteiger partial charge < -0.3 is 9.84 Å². The summed E-state index contributed by atoms with van der Waals surface area (Å²) in [6.45, 7) is 6.76. The van der Waals surface area contributed by atoms with Crippen molar-refractivity contribution in [3.8, 4) is 5.75 Å². The summed E-state index contributed by atoms with van der Waals surface area (Å²) < 4.78 is 5.34. The molecule has 0 bridgehead atoms. The molecule has 0 amide bonds. The minimum Gasteiger partial charge on any atom is -0.512 e. The molecule has 2 nitrogen and oxygen atoms in total. The summed E-state index contributed by atoms with van der Waals surface area (Å²) in [6, 6.07) is 8.38. The van der Waals surface area contributed by atoms with Crippen LogP contribution in [0.25, 0.3) is 5.57 Å². The molecule has 0 aromatic heterocycles. The van der Waals surface area contributed by atoms with Gasteiger partial charge in [0, 0.05) is 6.42 Å². The van der Waals surface area contributed by atoms with Crippen LogP contribution in [0.4, 0.5) is 0 Å². The lowest BCUT2D eigenvalue weighted by Gasteiger charge is -2.26. The molecule has 144 valence electrons. The lowest BCUT2D eigenvalue weighted by molar-refractivity contribution is 0.269. The number of allylic oxidation sites excluding steroid dienone is 8. The number of aliphatic hydroxyl groups is 1. The zero-order valence-electron chi connectivity index (χ0n) is 17.1. The van der Waals surface area contributed by atoms with Gasteiger partial charge in [0.1, 0.15) is 5.75 Å². The van der Waals surface area contributed by atoms with Crippen LogP contribution in [0.3, 0.4) is 0 Å². The Labute approximate surface area is 164 Å². The maximum atomic E-state index is 10.6. The quantitative estimate of drug-likeness (QED) is 0.608. The maximum Gasteiger partial charge on any atom is 0.118 e. The SMILES string of the molecule is CCC(CC)C1CC(O)=CC2=CCC=C(C)C(c3ccc(OC)cc3)=C2C1. The van der Waals surface area contributed by atoms with Crippen LogP contribution in [0.15, 0.2) is 65.0 Å². The van der Waals surface area contributed by atoms with Gasteiger partial charge in [-0.3, -0.25) is 0 Å². The van der Waals surface area contributed by atoms with E-state index in [0.29, 0.717) is 17.6 Å². The van der Waals surface area contributed by atoms with Crippen LogP contribution in [0.5, 0.6) is 5.75 Å². The summed E-state index contributed by atoms with van der Waals surface area (Å²) in [5, 5.41) is 10.6. The molecule has 0 saturated carbocycles. The third-order valence-electron chi connectivity index (χ3n) is 6.16. The van der Waals surface area contributed by atoms with Gasteiger partial charge >= 0.3 is 0 Å². The van der Waals surface area contributed by atoms with Crippen molar-refractivity contribution in [3.05, 3.63) is 70.5 Å². The zero-order valence-corrected chi connectivity index (χ0v) is 17.1. The Hall–Kier alpha value is -2.22. The first kappa shape index (κ1) is 19.5. The molecular formula is C25H32O2. The van der Waals surface area contributed by atoms with E-state index in [1.54, 1.807) is 7.11 Å². The highest BCUT2D eigenvalue weighted by molar-refractivity contribution is 5.85. The molecule has 0 spiro atoms. The van der Waals surface area contributed by atoms with Crippen LogP contribution >= 0.6 is 0 Å². The highest BCUT2D eigenvalue weighted by atomic mass is 16.5. The summed E-state index contributed by atoms with van der Waals surface area (Å²) in [4.78, 5) is 0. The Balaban J connectivity index is 2.14. The number of rotatable bonds is 5. The standard InChI is InChI=1S/C25H32O2/c1-5-18(6-2)21-15-22(26)14-20-9-7-8-17(3)25(24(20)16-21)19-10-12-23(27-4)13-11-19/h8-14,18,21,26H,5-7,15-16H2,1-4H3. The largest absolute Gasteiger partial charge is 0.512 e. The monoisotopic (exact) mass is 364 g/mol. The van der Waals surface area contributed by atoms with Gasteiger partial charge in [-0.05, 0) is 77.7 Å². The second kappa shape index (κ2) is 8.65. The summed E-state index contributed by atoms with van der Waals surface area (Å²) >= 11 is 0. The highest BCUT2D eigenvalue weighted by Crippen LogP contribution is 2.43. The van der Waals surface area contributed by atoms with Crippen LogP contribution in [-0.2, 0) is 0 Å². The number of hydrogen-bond acceptors (Lipinski definition) is 2. The molecular weight excluding hydrogens is 332 g/mol. The Bertz CT molecular complexity index is 786. The maximum absolute atomic E-state index is 10.6. The zero-order chi connectivity index (χ0) is 19.4. The molecule has 1 unspecified atom stereocenters. The third-order valence-corrected chi connectivity index (χ3v) is 6.16. The van der Waals surface area contributed by atoms with Gasteiger partial charge in [-0.1, -0.05) is 51.0 Å². The van der Waals surface area contributed by atoms with Crippen LogP contribution in [-0.4, -0.2) is 12.2 Å². The van der Waals surface area contributed by atoms with Crippen molar-refractivity contribution >= 4 is 5.57 Å². The Morgan fingerprint density at radius 1 is 1.07 bits per heavy atom. The van der Waals surface area contributed by atoms with Gasteiger partial charge in [-0.25, -0.2) is 0 Å². The number of benzene rings is 1. The normalized spacial score (nSPS) is 20.3. The summed E-state index contributed by atoms with van der Waals surface area (Å²) in [7, 11) is 1.70. The van der Waals surface area contributed by atoms with E-state index in [1.165, 1.54) is 27.9 Å². The van der Waals surface area contributed by atoms with E-state index < -0.39 is 0 Å². The average Bonchev–Trinajstić information content (AvgIpc) is 2.91. The molecule has 3 rings (SSSR count). The second-order valence-corrected chi connectivity index (χ2v) is 7.74. The molecule has 2 aliphatic rings. The van der Waals surface area contributed by atoms with Gasteiger partial charge in [-0.2, -0.15) is 0 Å². The predicted octanol–water partition coefficient (Wildman–Crippen LogP) is 7.01. The lowest BCUT2D eigenvalue weighted by atomic mass is 9.79. The molecule has 1 aromatic rings. The van der Waals surface area contributed by atoms with Gasteiger partial charge in [-0.15, -0.1) is 0 Å². The summed E-state index contributed by atoms with van der Waals surface area (Å²) in [5.74, 6) is 2.53. The fourth-order valence-electron chi connectivity index (χ4n) is 4.63. The minimum atomic E-state index is 0.483. The van der Waals surface area contributed by atoms with Crippen molar-refractivity contribution in [2.24, 2.45) is 11.8 Å². The van der Waals surface area contributed by atoms with Crippen molar-refractivity contribution in [2.75, 3.05) is 7.11 Å². The lowest BCUT2D eigenvalue weighted by Crippen LogP contribution is -2.15. The summed E-state index contributed by atoms with van der Waals surface area (Å²) in [5.41, 5.74) is 6.44. The molecule has 27 heavy (non-hydrogen) atoms. The molecule has 2 aliphatic carbocycles.